The molecule has 6 nitrogen and oxygen atoms in total. The molecule has 0 radical (unpaired) electrons. The van der Waals surface area contributed by atoms with Crippen molar-refractivity contribution >= 4 is 10.0 Å². The van der Waals surface area contributed by atoms with E-state index in [4.69, 9.17) is 5.73 Å². The summed E-state index contributed by atoms with van der Waals surface area (Å²) in [5.41, 5.74) is 5.29. The van der Waals surface area contributed by atoms with Crippen LogP contribution in [0.2, 0.25) is 0 Å². The highest BCUT2D eigenvalue weighted by Crippen LogP contribution is 2.16. The van der Waals surface area contributed by atoms with Gasteiger partial charge < -0.3 is 10.3 Å². The number of aromatic nitrogens is 2. The fourth-order valence-electron chi connectivity index (χ4n) is 1.81. The molecular formula is C11H20F2N4O2S. The Morgan fingerprint density at radius 2 is 2.15 bits per heavy atom. The molecule has 0 atom stereocenters. The maximum atomic E-state index is 12.5. The van der Waals surface area contributed by atoms with Crippen molar-refractivity contribution in [2.24, 2.45) is 5.73 Å². The average Bonchev–Trinajstić information content (AvgIpc) is 2.71. The Kier molecular flexibility index (Phi) is 6.03. The summed E-state index contributed by atoms with van der Waals surface area (Å²) in [5, 5.41) is -0.211. The first-order valence-corrected chi connectivity index (χ1v) is 7.79. The number of sulfonamides is 1. The van der Waals surface area contributed by atoms with Gasteiger partial charge in [-0.1, -0.05) is 6.92 Å². The second kappa shape index (κ2) is 7.09. The lowest BCUT2D eigenvalue weighted by Gasteiger charge is -2.19. The van der Waals surface area contributed by atoms with Crippen molar-refractivity contribution in [1.82, 2.24) is 13.9 Å². The zero-order valence-corrected chi connectivity index (χ0v) is 12.4. The molecule has 0 bridgehead atoms. The summed E-state index contributed by atoms with van der Waals surface area (Å²) in [5.74, 6) is 0.537. The molecule has 1 aromatic rings. The molecule has 0 aliphatic carbocycles. The Balaban J connectivity index is 3.09. The van der Waals surface area contributed by atoms with Gasteiger partial charge in [-0.2, -0.15) is 4.31 Å². The van der Waals surface area contributed by atoms with E-state index in [-0.39, 0.29) is 18.1 Å². The second-order valence-electron chi connectivity index (χ2n) is 4.36. The number of rotatable bonds is 8. The highest BCUT2D eigenvalue weighted by Gasteiger charge is 2.29. The minimum atomic E-state index is -4.04. The summed E-state index contributed by atoms with van der Waals surface area (Å²) < 4.78 is 51.9. The van der Waals surface area contributed by atoms with E-state index in [1.807, 2.05) is 6.92 Å². The van der Waals surface area contributed by atoms with Gasteiger partial charge in [0.2, 0.25) is 0 Å². The van der Waals surface area contributed by atoms with Crippen LogP contribution < -0.4 is 5.73 Å². The summed E-state index contributed by atoms with van der Waals surface area (Å²) >= 11 is 0. The quantitative estimate of drug-likeness (QED) is 0.770. The Morgan fingerprint density at radius 3 is 2.65 bits per heavy atom. The molecule has 0 amide bonds. The Bertz CT molecular complexity index is 531. The van der Waals surface area contributed by atoms with Crippen LogP contribution in [0.25, 0.3) is 0 Å². The molecule has 20 heavy (non-hydrogen) atoms. The molecule has 1 rings (SSSR count). The van der Waals surface area contributed by atoms with E-state index in [0.717, 1.165) is 6.42 Å². The molecule has 0 unspecified atom stereocenters. The summed E-state index contributed by atoms with van der Waals surface area (Å²) in [4.78, 5) is 3.96. The minimum Gasteiger partial charge on any atom is -0.334 e. The molecule has 0 saturated carbocycles. The Labute approximate surface area is 117 Å². The van der Waals surface area contributed by atoms with Crippen molar-refractivity contribution in [3.8, 4) is 0 Å². The molecule has 116 valence electrons. The van der Waals surface area contributed by atoms with E-state index in [9.17, 15) is 17.2 Å². The van der Waals surface area contributed by atoms with Crippen LogP contribution in [0.4, 0.5) is 8.78 Å². The molecule has 9 heteroatoms. The molecule has 0 aliphatic heterocycles. The molecule has 2 N–H and O–H groups in total. The summed E-state index contributed by atoms with van der Waals surface area (Å²) in [6.45, 7) is 3.19. The zero-order valence-electron chi connectivity index (χ0n) is 11.6. The van der Waals surface area contributed by atoms with Gasteiger partial charge in [-0.05, 0) is 13.3 Å². The fourth-order valence-corrected chi connectivity index (χ4v) is 3.24. The van der Waals surface area contributed by atoms with Crippen LogP contribution in [-0.2, 0) is 16.6 Å². The number of nitrogens with two attached hydrogens (primary N) is 1. The van der Waals surface area contributed by atoms with Crippen molar-refractivity contribution in [3.05, 3.63) is 12.0 Å². The van der Waals surface area contributed by atoms with Crippen LogP contribution >= 0.6 is 0 Å². The number of hydrogen-bond donors (Lipinski definition) is 1. The van der Waals surface area contributed by atoms with Crippen LogP contribution in [0.5, 0.6) is 0 Å². The van der Waals surface area contributed by atoms with E-state index < -0.39 is 23.0 Å². The van der Waals surface area contributed by atoms with Gasteiger partial charge in [-0.15, -0.1) is 0 Å². The predicted octanol–water partition coefficient (Wildman–Crippen LogP) is 0.816. The summed E-state index contributed by atoms with van der Waals surface area (Å²) in [6.07, 6.45) is -0.557. The Morgan fingerprint density at radius 1 is 1.50 bits per heavy atom. The first-order chi connectivity index (χ1) is 9.32. The minimum absolute atomic E-state index is 0.0272. The van der Waals surface area contributed by atoms with Crippen molar-refractivity contribution in [1.29, 1.82) is 0 Å². The first kappa shape index (κ1) is 17.0. The lowest BCUT2D eigenvalue weighted by molar-refractivity contribution is 0.120. The van der Waals surface area contributed by atoms with Crippen LogP contribution in [0, 0.1) is 6.92 Å². The lowest BCUT2D eigenvalue weighted by atomic mass is 10.5. The van der Waals surface area contributed by atoms with Crippen molar-refractivity contribution in [2.45, 2.75) is 38.3 Å². The number of hydrogen-bond acceptors (Lipinski definition) is 4. The van der Waals surface area contributed by atoms with Crippen LogP contribution in [-0.4, -0.2) is 48.3 Å². The van der Waals surface area contributed by atoms with Crippen molar-refractivity contribution in [2.75, 3.05) is 19.6 Å². The third-order valence-corrected chi connectivity index (χ3v) is 4.48. The molecule has 0 aliphatic rings. The van der Waals surface area contributed by atoms with Crippen molar-refractivity contribution in [3.63, 3.8) is 0 Å². The summed E-state index contributed by atoms with van der Waals surface area (Å²) in [6, 6.07) is 0. The molecule has 0 aromatic carbocycles. The molecule has 1 aromatic heterocycles. The van der Waals surface area contributed by atoms with Gasteiger partial charge in [0, 0.05) is 25.8 Å². The predicted molar refractivity (Wildman–Crippen MR) is 71.1 cm³/mol. The molecule has 0 fully saturated rings. The maximum Gasteiger partial charge on any atom is 0.262 e. The first-order valence-electron chi connectivity index (χ1n) is 6.35. The average molecular weight is 310 g/mol. The van der Waals surface area contributed by atoms with E-state index in [1.54, 1.807) is 11.5 Å². The number of imidazole rings is 1. The normalized spacial score (nSPS) is 12.6. The molecule has 0 saturated heterocycles. The van der Waals surface area contributed by atoms with E-state index >= 15 is 0 Å². The highest BCUT2D eigenvalue weighted by atomic mass is 32.2. The standard InChI is InChI=1S/C11H20F2N4O2S/c1-3-5-16-8-11(15-9(16)2)20(18,19)17(6-4-14)7-10(12)13/h8,10H,3-7,14H2,1-2H3. The maximum absolute atomic E-state index is 12.5. The van der Waals surface area contributed by atoms with Gasteiger partial charge in [0.15, 0.2) is 5.03 Å². The second-order valence-corrected chi connectivity index (χ2v) is 6.25. The third kappa shape index (κ3) is 3.97. The van der Waals surface area contributed by atoms with Gasteiger partial charge >= 0.3 is 0 Å². The Hall–Kier alpha value is -1.06. The van der Waals surface area contributed by atoms with Crippen LogP contribution in [0.15, 0.2) is 11.2 Å². The molecule has 0 spiro atoms. The summed E-state index contributed by atoms with van der Waals surface area (Å²) in [7, 11) is -4.04. The smallest absolute Gasteiger partial charge is 0.262 e. The molecule has 1 heterocycles. The number of aryl methyl sites for hydroxylation is 2. The van der Waals surface area contributed by atoms with Gasteiger partial charge in [-0.3, -0.25) is 0 Å². The SMILES string of the molecule is CCCn1cc(S(=O)(=O)N(CCN)CC(F)F)nc1C. The van der Waals surface area contributed by atoms with Crippen molar-refractivity contribution < 1.29 is 17.2 Å². The third-order valence-electron chi connectivity index (χ3n) is 2.74. The molecular weight excluding hydrogens is 290 g/mol. The largest absolute Gasteiger partial charge is 0.334 e. The van der Waals surface area contributed by atoms with E-state index in [2.05, 4.69) is 4.98 Å². The topological polar surface area (TPSA) is 81.2 Å². The van der Waals surface area contributed by atoms with Gasteiger partial charge in [-0.25, -0.2) is 22.2 Å². The monoisotopic (exact) mass is 310 g/mol. The fraction of sp³-hybridized carbons (Fsp3) is 0.727. The number of nitrogens with zero attached hydrogens (tertiary/aromatic N) is 3. The van der Waals surface area contributed by atoms with Gasteiger partial charge in [0.1, 0.15) is 5.82 Å². The highest BCUT2D eigenvalue weighted by molar-refractivity contribution is 7.89. The number of halogens is 2. The van der Waals surface area contributed by atoms with Crippen LogP contribution in [0.1, 0.15) is 19.2 Å². The van der Waals surface area contributed by atoms with E-state index in [1.165, 1.54) is 6.20 Å². The van der Waals surface area contributed by atoms with Gasteiger partial charge in [0.05, 0.1) is 6.54 Å². The van der Waals surface area contributed by atoms with E-state index in [0.29, 0.717) is 16.7 Å². The van der Waals surface area contributed by atoms with Crippen LogP contribution in [0.3, 0.4) is 0 Å². The lowest BCUT2D eigenvalue weighted by Crippen LogP contribution is -2.38. The van der Waals surface area contributed by atoms with Gasteiger partial charge in [0.25, 0.3) is 16.4 Å². The number of alkyl halides is 2. The zero-order chi connectivity index (χ0) is 15.3.